The third-order valence-corrected chi connectivity index (χ3v) is 4.35. The van der Waals surface area contributed by atoms with Gasteiger partial charge in [0.15, 0.2) is 5.69 Å². The van der Waals surface area contributed by atoms with Gasteiger partial charge in [-0.3, -0.25) is 10.3 Å². The average molecular weight is 361 g/mol. The number of nitrogens with two attached hydrogens (primary N) is 1. The number of H-pyrrole nitrogens is 1. The first-order chi connectivity index (χ1) is 11.9. The standard InChI is InChI=1S/C15H15N5O4S/c1-24-20-12-4-2-3-11-13(12)14(15(21)17-11)19-18-9-5-7-10(8-6-9)25(16,22)23/h2-8,17,20-21H,1H3,(H2,16,22,23). The molecule has 0 atom stereocenters. The lowest BCUT2D eigenvalue weighted by Gasteiger charge is -2.04. The van der Waals surface area contributed by atoms with E-state index in [2.05, 4.69) is 20.7 Å². The second kappa shape index (κ2) is 6.51. The fourth-order valence-electron chi connectivity index (χ4n) is 2.32. The SMILES string of the molecule is CONc1cccc2[nH]c(O)c(N=Nc3ccc(S(N)(=O)=O)cc3)c12. The highest BCUT2D eigenvalue weighted by molar-refractivity contribution is 7.89. The summed E-state index contributed by atoms with van der Waals surface area (Å²) in [4.78, 5) is 7.70. The largest absolute Gasteiger partial charge is 0.493 e. The first kappa shape index (κ1) is 16.9. The van der Waals surface area contributed by atoms with E-state index in [-0.39, 0.29) is 16.5 Å². The molecule has 1 aromatic heterocycles. The lowest BCUT2D eigenvalue weighted by molar-refractivity contribution is 0.271. The van der Waals surface area contributed by atoms with Crippen molar-refractivity contribution in [1.82, 2.24) is 4.98 Å². The van der Waals surface area contributed by atoms with E-state index in [0.717, 1.165) is 0 Å². The maximum absolute atomic E-state index is 11.2. The predicted molar refractivity (Wildman–Crippen MR) is 92.6 cm³/mol. The molecule has 0 aliphatic carbocycles. The minimum absolute atomic E-state index is 0.0204. The third-order valence-electron chi connectivity index (χ3n) is 3.42. The van der Waals surface area contributed by atoms with E-state index in [1.54, 1.807) is 18.2 Å². The zero-order valence-electron chi connectivity index (χ0n) is 13.1. The van der Waals surface area contributed by atoms with Crippen molar-refractivity contribution in [3.05, 3.63) is 42.5 Å². The smallest absolute Gasteiger partial charge is 0.238 e. The van der Waals surface area contributed by atoms with Crippen LogP contribution in [0.15, 0.2) is 57.6 Å². The second-order valence-corrected chi connectivity index (χ2v) is 6.66. The Morgan fingerprint density at radius 3 is 2.52 bits per heavy atom. The van der Waals surface area contributed by atoms with Crippen molar-refractivity contribution in [2.24, 2.45) is 15.4 Å². The van der Waals surface area contributed by atoms with Gasteiger partial charge in [-0.15, -0.1) is 5.11 Å². The van der Waals surface area contributed by atoms with E-state index in [1.807, 2.05) is 0 Å². The number of nitrogens with zero attached hydrogens (tertiary/aromatic N) is 2. The van der Waals surface area contributed by atoms with Crippen LogP contribution in [0.2, 0.25) is 0 Å². The van der Waals surface area contributed by atoms with Crippen LogP contribution >= 0.6 is 0 Å². The Morgan fingerprint density at radius 1 is 1.16 bits per heavy atom. The summed E-state index contributed by atoms with van der Waals surface area (Å²) in [6, 6.07) is 10.9. The topological polar surface area (TPSA) is 142 Å². The quantitative estimate of drug-likeness (QED) is 0.408. The molecule has 0 saturated carbocycles. The summed E-state index contributed by atoms with van der Waals surface area (Å²) >= 11 is 0. The van der Waals surface area contributed by atoms with Crippen LogP contribution < -0.4 is 10.6 Å². The third kappa shape index (κ3) is 3.45. The molecule has 3 aromatic rings. The lowest BCUT2D eigenvalue weighted by Crippen LogP contribution is -2.11. The van der Waals surface area contributed by atoms with Gasteiger partial charge in [0.05, 0.1) is 34.3 Å². The second-order valence-electron chi connectivity index (χ2n) is 5.10. The number of hydrogen-bond donors (Lipinski definition) is 4. The van der Waals surface area contributed by atoms with Crippen molar-refractivity contribution in [3.63, 3.8) is 0 Å². The van der Waals surface area contributed by atoms with Crippen molar-refractivity contribution in [1.29, 1.82) is 0 Å². The number of anilines is 1. The van der Waals surface area contributed by atoms with Gasteiger partial charge in [0.2, 0.25) is 15.9 Å². The molecule has 10 heteroatoms. The predicted octanol–water partition coefficient (Wildman–Crippen LogP) is 2.91. The van der Waals surface area contributed by atoms with Crippen LogP contribution in [0.5, 0.6) is 5.88 Å². The maximum atomic E-state index is 11.2. The zero-order chi connectivity index (χ0) is 18.0. The van der Waals surface area contributed by atoms with Crippen molar-refractivity contribution in [3.8, 4) is 5.88 Å². The Kier molecular flexibility index (Phi) is 4.40. The minimum atomic E-state index is -3.76. The maximum Gasteiger partial charge on any atom is 0.238 e. The molecule has 0 bridgehead atoms. The molecule has 5 N–H and O–H groups in total. The first-order valence-corrected chi connectivity index (χ1v) is 8.62. The van der Waals surface area contributed by atoms with Crippen molar-refractivity contribution in [2.75, 3.05) is 12.6 Å². The zero-order valence-corrected chi connectivity index (χ0v) is 13.9. The molecule has 0 fully saturated rings. The monoisotopic (exact) mass is 361 g/mol. The fourth-order valence-corrected chi connectivity index (χ4v) is 2.83. The van der Waals surface area contributed by atoms with Crippen LogP contribution in [-0.2, 0) is 14.9 Å². The van der Waals surface area contributed by atoms with Gasteiger partial charge >= 0.3 is 0 Å². The molecule has 2 aromatic carbocycles. The number of aromatic hydroxyl groups is 1. The number of primary sulfonamides is 1. The van der Waals surface area contributed by atoms with Gasteiger partial charge in [-0.2, -0.15) is 5.11 Å². The van der Waals surface area contributed by atoms with Crippen molar-refractivity contribution < 1.29 is 18.4 Å². The number of rotatable bonds is 5. The Labute approximate surface area is 143 Å². The van der Waals surface area contributed by atoms with E-state index in [1.165, 1.54) is 31.4 Å². The highest BCUT2D eigenvalue weighted by Gasteiger charge is 2.14. The fraction of sp³-hybridized carbons (Fsp3) is 0.0667. The number of fused-ring (bicyclic) bond motifs is 1. The Bertz CT molecular complexity index is 1040. The highest BCUT2D eigenvalue weighted by Crippen LogP contribution is 2.40. The number of aromatic nitrogens is 1. The molecule has 0 unspecified atom stereocenters. The molecule has 0 aliphatic rings. The van der Waals surface area contributed by atoms with Gasteiger partial charge in [0.1, 0.15) is 0 Å². The van der Waals surface area contributed by atoms with Gasteiger partial charge in [0, 0.05) is 0 Å². The molecule has 3 rings (SSSR count). The summed E-state index contributed by atoms with van der Waals surface area (Å²) < 4.78 is 22.5. The number of sulfonamides is 1. The molecule has 0 spiro atoms. The highest BCUT2D eigenvalue weighted by atomic mass is 32.2. The lowest BCUT2D eigenvalue weighted by atomic mass is 10.2. The molecule has 9 nitrogen and oxygen atoms in total. The summed E-state index contributed by atoms with van der Waals surface area (Å²) in [5, 5.41) is 23.8. The van der Waals surface area contributed by atoms with Gasteiger partial charge in [-0.05, 0) is 36.4 Å². The molecular formula is C15H15N5O4S. The van der Waals surface area contributed by atoms with Crippen LogP contribution in [0, 0.1) is 0 Å². The Morgan fingerprint density at radius 2 is 1.88 bits per heavy atom. The summed E-state index contributed by atoms with van der Waals surface area (Å²) in [5.41, 5.74) is 4.60. The number of benzene rings is 2. The van der Waals surface area contributed by atoms with Crippen LogP contribution in [0.25, 0.3) is 10.9 Å². The molecule has 0 saturated heterocycles. The van der Waals surface area contributed by atoms with Crippen LogP contribution in [0.1, 0.15) is 0 Å². The average Bonchev–Trinajstić information content (AvgIpc) is 2.89. The van der Waals surface area contributed by atoms with E-state index in [9.17, 15) is 13.5 Å². The Balaban J connectivity index is 2.00. The van der Waals surface area contributed by atoms with Gasteiger partial charge < -0.3 is 10.1 Å². The summed E-state index contributed by atoms with van der Waals surface area (Å²) in [6.07, 6.45) is 0. The van der Waals surface area contributed by atoms with Gasteiger partial charge in [0.25, 0.3) is 0 Å². The molecular weight excluding hydrogens is 346 g/mol. The molecule has 0 radical (unpaired) electrons. The summed E-state index contributed by atoms with van der Waals surface area (Å²) in [5.74, 6) is -0.148. The van der Waals surface area contributed by atoms with Gasteiger partial charge in [-0.25, -0.2) is 13.6 Å². The molecule has 0 aliphatic heterocycles. The molecule has 1 heterocycles. The number of hydrogen-bond acceptors (Lipinski definition) is 7. The van der Waals surface area contributed by atoms with E-state index in [4.69, 9.17) is 9.98 Å². The van der Waals surface area contributed by atoms with Crippen molar-refractivity contribution in [2.45, 2.75) is 4.90 Å². The molecule has 0 amide bonds. The first-order valence-electron chi connectivity index (χ1n) is 7.07. The van der Waals surface area contributed by atoms with Crippen molar-refractivity contribution >= 4 is 38.0 Å². The van der Waals surface area contributed by atoms with Crippen LogP contribution in [0.4, 0.5) is 17.1 Å². The molecule has 130 valence electrons. The van der Waals surface area contributed by atoms with E-state index in [0.29, 0.717) is 22.3 Å². The van der Waals surface area contributed by atoms with E-state index >= 15 is 0 Å². The van der Waals surface area contributed by atoms with Crippen LogP contribution in [0.3, 0.4) is 0 Å². The minimum Gasteiger partial charge on any atom is -0.493 e. The number of nitrogens with one attached hydrogen (secondary N) is 2. The van der Waals surface area contributed by atoms with Crippen LogP contribution in [-0.4, -0.2) is 25.6 Å². The summed E-state index contributed by atoms with van der Waals surface area (Å²) in [7, 11) is -2.29. The molecule has 25 heavy (non-hydrogen) atoms. The number of aromatic amines is 1. The normalized spacial score (nSPS) is 12.1. The Hall–Kier alpha value is -2.95. The van der Waals surface area contributed by atoms with E-state index < -0.39 is 10.0 Å². The number of azo groups is 1. The van der Waals surface area contributed by atoms with Gasteiger partial charge in [-0.1, -0.05) is 6.07 Å². The summed E-state index contributed by atoms with van der Waals surface area (Å²) in [6.45, 7) is 0.